The molecule has 0 spiro atoms. The number of carbonyl (C=O) groups excluding carboxylic acids is 2. The number of nitrogens with zero attached hydrogens (tertiary/aromatic N) is 8. The van der Waals surface area contributed by atoms with Gasteiger partial charge in [0.1, 0.15) is 23.3 Å². The average molecular weight is 895 g/mol. The Morgan fingerprint density at radius 1 is 0.661 bits per heavy atom. The van der Waals surface area contributed by atoms with Crippen molar-refractivity contribution in [1.82, 2.24) is 19.1 Å². The van der Waals surface area contributed by atoms with Crippen molar-refractivity contribution < 1.29 is 19.1 Å². The van der Waals surface area contributed by atoms with Crippen molar-refractivity contribution in [3.63, 3.8) is 0 Å². The Labute approximate surface area is 342 Å². The van der Waals surface area contributed by atoms with Gasteiger partial charge >= 0.3 is 0 Å². The molecular formula is C40H46Br2N8O6. The van der Waals surface area contributed by atoms with Gasteiger partial charge in [0, 0.05) is 84.8 Å². The number of hydrogen-bond donors (Lipinski definition) is 0. The Kier molecular flexibility index (Phi) is 12.1. The standard InChI is InChI=1S/2C20H23BrN4O3/c2*1-13-10-14-15(21)4-3-5-16(14)25(13)20(27)11-17-22-18(12-19(26)23(17)2)24-6-8-28-9-7-24/h2*3-5,12-13H,6-11H2,1-2H3/t2*13-/m10/s1. The zero-order valence-corrected chi connectivity index (χ0v) is 35.2. The molecule has 296 valence electrons. The van der Waals surface area contributed by atoms with Gasteiger partial charge in [0.05, 0.1) is 39.3 Å². The van der Waals surface area contributed by atoms with E-state index < -0.39 is 0 Å². The molecule has 14 nitrogen and oxygen atoms in total. The highest BCUT2D eigenvalue weighted by atomic mass is 79.9. The maximum absolute atomic E-state index is 13.2. The molecule has 6 heterocycles. The van der Waals surface area contributed by atoms with E-state index in [0.29, 0.717) is 75.9 Å². The number of anilines is 4. The minimum absolute atomic E-state index is 0.0500. The minimum atomic E-state index is -0.156. The Morgan fingerprint density at radius 2 is 1.04 bits per heavy atom. The Balaban J connectivity index is 0.000000172. The third-order valence-electron chi connectivity index (χ3n) is 10.8. The van der Waals surface area contributed by atoms with E-state index in [-0.39, 0.29) is 47.9 Å². The number of morpholine rings is 2. The summed E-state index contributed by atoms with van der Waals surface area (Å²) in [6.45, 7) is 9.31. The van der Waals surface area contributed by atoms with Crippen LogP contribution in [0.4, 0.5) is 23.0 Å². The number of halogens is 2. The molecule has 4 aliphatic rings. The molecule has 2 saturated heterocycles. The van der Waals surface area contributed by atoms with E-state index >= 15 is 0 Å². The summed E-state index contributed by atoms with van der Waals surface area (Å²) in [5, 5.41) is 0. The number of ether oxygens (including phenoxy) is 2. The minimum Gasteiger partial charge on any atom is -0.378 e. The van der Waals surface area contributed by atoms with Crippen LogP contribution >= 0.6 is 31.9 Å². The second kappa shape index (κ2) is 17.0. The van der Waals surface area contributed by atoms with Crippen LogP contribution in [0.2, 0.25) is 0 Å². The first-order chi connectivity index (χ1) is 26.9. The average Bonchev–Trinajstić information content (AvgIpc) is 3.73. The molecule has 2 amide bonds. The van der Waals surface area contributed by atoms with Crippen molar-refractivity contribution in [3.8, 4) is 0 Å². The molecular weight excluding hydrogens is 848 g/mol. The molecule has 4 aromatic rings. The predicted molar refractivity (Wildman–Crippen MR) is 222 cm³/mol. The summed E-state index contributed by atoms with van der Waals surface area (Å²) < 4.78 is 15.7. The van der Waals surface area contributed by atoms with Crippen LogP contribution in [0, 0.1) is 0 Å². The zero-order valence-electron chi connectivity index (χ0n) is 32.0. The van der Waals surface area contributed by atoms with Gasteiger partial charge in [-0.15, -0.1) is 0 Å². The normalized spacial score (nSPS) is 19.0. The maximum Gasteiger partial charge on any atom is 0.255 e. The van der Waals surface area contributed by atoms with Gasteiger partial charge in [-0.1, -0.05) is 44.0 Å². The van der Waals surface area contributed by atoms with Gasteiger partial charge in [0.2, 0.25) is 11.8 Å². The highest BCUT2D eigenvalue weighted by Crippen LogP contribution is 2.38. The van der Waals surface area contributed by atoms with Crippen molar-refractivity contribution in [2.45, 2.75) is 51.6 Å². The second-order valence-electron chi connectivity index (χ2n) is 14.5. The molecule has 2 aromatic heterocycles. The lowest BCUT2D eigenvalue weighted by Gasteiger charge is -2.28. The fourth-order valence-electron chi connectivity index (χ4n) is 7.77. The molecule has 2 aromatic carbocycles. The smallest absolute Gasteiger partial charge is 0.255 e. The van der Waals surface area contributed by atoms with Crippen molar-refractivity contribution >= 4 is 66.7 Å². The second-order valence-corrected chi connectivity index (χ2v) is 16.2. The maximum atomic E-state index is 13.2. The van der Waals surface area contributed by atoms with Crippen LogP contribution in [-0.4, -0.2) is 95.6 Å². The van der Waals surface area contributed by atoms with Crippen molar-refractivity contribution in [2.75, 3.05) is 72.2 Å². The number of carbonyl (C=O) groups is 2. The molecule has 56 heavy (non-hydrogen) atoms. The topological polar surface area (TPSA) is 135 Å². The van der Waals surface area contributed by atoms with E-state index in [0.717, 1.165) is 44.3 Å². The molecule has 0 unspecified atom stereocenters. The summed E-state index contributed by atoms with van der Waals surface area (Å²) in [5.74, 6) is 2.10. The number of benzene rings is 2. The zero-order chi connectivity index (χ0) is 39.7. The monoisotopic (exact) mass is 892 g/mol. The van der Waals surface area contributed by atoms with Crippen LogP contribution in [0.3, 0.4) is 0 Å². The van der Waals surface area contributed by atoms with E-state index in [1.165, 1.54) is 21.3 Å². The Bertz CT molecular complexity index is 2090. The molecule has 0 N–H and O–H groups in total. The molecule has 0 radical (unpaired) electrons. The van der Waals surface area contributed by atoms with Gasteiger partial charge in [-0.05, 0) is 62.1 Å². The summed E-state index contributed by atoms with van der Waals surface area (Å²) in [5.41, 5.74) is 3.84. The number of amides is 2. The highest BCUT2D eigenvalue weighted by Gasteiger charge is 2.34. The summed E-state index contributed by atoms with van der Waals surface area (Å²) in [6, 6.07) is 15.0. The molecule has 16 heteroatoms. The third-order valence-corrected chi connectivity index (χ3v) is 12.3. The molecule has 0 bridgehead atoms. The van der Waals surface area contributed by atoms with Crippen LogP contribution in [0.5, 0.6) is 0 Å². The van der Waals surface area contributed by atoms with Gasteiger partial charge in [0.15, 0.2) is 0 Å². The first kappa shape index (κ1) is 39.8. The van der Waals surface area contributed by atoms with E-state index in [1.807, 2.05) is 69.8 Å². The first-order valence-corrected chi connectivity index (χ1v) is 20.5. The van der Waals surface area contributed by atoms with E-state index in [1.54, 1.807) is 14.1 Å². The number of hydrogen-bond acceptors (Lipinski definition) is 10. The molecule has 0 saturated carbocycles. The third kappa shape index (κ3) is 8.20. The predicted octanol–water partition coefficient (Wildman–Crippen LogP) is 3.80. The number of aromatic nitrogens is 4. The van der Waals surface area contributed by atoms with Crippen LogP contribution in [0.15, 0.2) is 67.1 Å². The summed E-state index contributed by atoms with van der Waals surface area (Å²) in [4.78, 5) is 68.2. The van der Waals surface area contributed by atoms with Crippen molar-refractivity contribution in [3.05, 3.63) is 101 Å². The molecule has 4 aliphatic heterocycles. The van der Waals surface area contributed by atoms with Gasteiger partial charge in [-0.3, -0.25) is 28.3 Å². The van der Waals surface area contributed by atoms with Crippen LogP contribution in [-0.2, 0) is 58.8 Å². The fraction of sp³-hybridized carbons (Fsp3) is 0.450. The molecule has 2 fully saturated rings. The number of fused-ring (bicyclic) bond motifs is 2. The van der Waals surface area contributed by atoms with E-state index in [4.69, 9.17) is 9.47 Å². The van der Waals surface area contributed by atoms with Gasteiger partial charge in [0.25, 0.3) is 11.1 Å². The van der Waals surface area contributed by atoms with Crippen molar-refractivity contribution in [1.29, 1.82) is 0 Å². The molecule has 8 rings (SSSR count). The lowest BCUT2D eigenvalue weighted by Crippen LogP contribution is -2.40. The summed E-state index contributed by atoms with van der Waals surface area (Å²) in [6.07, 6.45) is 1.78. The van der Waals surface area contributed by atoms with Crippen molar-refractivity contribution in [2.24, 2.45) is 14.1 Å². The number of rotatable bonds is 6. The molecule has 2 atom stereocenters. The fourth-order valence-corrected chi connectivity index (χ4v) is 8.81. The Hall–Kier alpha value is -4.38. The van der Waals surface area contributed by atoms with Crippen LogP contribution < -0.4 is 30.7 Å². The van der Waals surface area contributed by atoms with Gasteiger partial charge < -0.3 is 29.1 Å². The SMILES string of the molecule is C[C@@H]1Cc2c(Br)cccc2N1C(=O)Cc1nc(N2CCOCC2)cc(=O)n1C.C[C@H]1Cc2c(Br)cccc2N1C(=O)Cc1nc(N2CCOCC2)cc(=O)n1C. The molecule has 0 aliphatic carbocycles. The Morgan fingerprint density at radius 3 is 1.41 bits per heavy atom. The van der Waals surface area contributed by atoms with Gasteiger partial charge in [-0.2, -0.15) is 0 Å². The van der Waals surface area contributed by atoms with E-state index in [9.17, 15) is 19.2 Å². The summed E-state index contributed by atoms with van der Waals surface area (Å²) >= 11 is 7.16. The quantitative estimate of drug-likeness (QED) is 0.282. The van der Waals surface area contributed by atoms with Crippen LogP contribution in [0.25, 0.3) is 0 Å². The van der Waals surface area contributed by atoms with E-state index in [2.05, 4.69) is 41.8 Å². The van der Waals surface area contributed by atoms with Crippen LogP contribution in [0.1, 0.15) is 36.6 Å². The lowest BCUT2D eigenvalue weighted by molar-refractivity contribution is -0.119. The van der Waals surface area contributed by atoms with Gasteiger partial charge in [-0.25, -0.2) is 9.97 Å². The lowest BCUT2D eigenvalue weighted by atomic mass is 10.1. The summed E-state index contributed by atoms with van der Waals surface area (Å²) in [7, 11) is 3.33. The largest absolute Gasteiger partial charge is 0.378 e. The first-order valence-electron chi connectivity index (χ1n) is 18.9. The highest BCUT2D eigenvalue weighted by molar-refractivity contribution is 9.10.